The Kier molecular flexibility index (Phi) is 8.62. The molecule has 200 valence electrons. The molecule has 0 amide bonds. The first kappa shape index (κ1) is 27.9. The van der Waals surface area contributed by atoms with Crippen molar-refractivity contribution in [2.75, 3.05) is 12.4 Å². The number of hydrogen-bond donors (Lipinski definition) is 1. The summed E-state index contributed by atoms with van der Waals surface area (Å²) in [5.74, 6) is 1.71. The summed E-state index contributed by atoms with van der Waals surface area (Å²) in [5, 5.41) is 5.76. The predicted molar refractivity (Wildman–Crippen MR) is 162 cm³/mol. The quantitative estimate of drug-likeness (QED) is 0.235. The van der Waals surface area contributed by atoms with Gasteiger partial charge in [0.25, 0.3) is 0 Å². The highest BCUT2D eigenvalue weighted by molar-refractivity contribution is 7.85. The van der Waals surface area contributed by atoms with E-state index in [-0.39, 0.29) is 17.9 Å². The number of methoxy groups -OCH3 is 1. The van der Waals surface area contributed by atoms with Crippen molar-refractivity contribution in [2.45, 2.75) is 82.1 Å². The normalized spacial score (nSPS) is 13.3. The second kappa shape index (κ2) is 11.7. The minimum absolute atomic E-state index is 0.0882. The van der Waals surface area contributed by atoms with Crippen LogP contribution < -0.4 is 10.1 Å². The van der Waals surface area contributed by atoms with Crippen LogP contribution in [0.15, 0.2) is 82.6 Å². The van der Waals surface area contributed by atoms with E-state index in [4.69, 9.17) is 4.74 Å². The molecule has 4 rings (SSSR count). The van der Waals surface area contributed by atoms with Gasteiger partial charge in [-0.1, -0.05) is 102 Å². The summed E-state index contributed by atoms with van der Waals surface area (Å²) >= 11 is 0. The summed E-state index contributed by atoms with van der Waals surface area (Å²) in [6, 6.07) is 25.0. The number of ether oxygens (including phenoxy) is 1. The molecule has 3 nitrogen and oxygen atoms in total. The summed E-state index contributed by atoms with van der Waals surface area (Å²) in [5.41, 5.74) is 5.62. The molecule has 1 unspecified atom stereocenters. The smallest absolute Gasteiger partial charge is 0.141 e. The van der Waals surface area contributed by atoms with Crippen molar-refractivity contribution in [3.63, 3.8) is 0 Å². The lowest BCUT2D eigenvalue weighted by atomic mass is 9.89. The van der Waals surface area contributed by atoms with E-state index in [1.807, 2.05) is 36.4 Å². The van der Waals surface area contributed by atoms with Crippen LogP contribution in [0.2, 0.25) is 0 Å². The van der Waals surface area contributed by atoms with E-state index in [9.17, 15) is 4.21 Å². The zero-order chi connectivity index (χ0) is 27.6. The fourth-order valence-corrected chi connectivity index (χ4v) is 7.15. The van der Waals surface area contributed by atoms with E-state index in [1.54, 1.807) is 7.11 Å². The van der Waals surface area contributed by atoms with Crippen LogP contribution in [-0.4, -0.2) is 11.3 Å². The molecule has 0 saturated heterocycles. The first-order valence-electron chi connectivity index (χ1n) is 13.6. The molecule has 38 heavy (non-hydrogen) atoms. The maximum Gasteiger partial charge on any atom is 0.141 e. The zero-order valence-electron chi connectivity index (χ0n) is 24.0. The zero-order valence-corrected chi connectivity index (χ0v) is 24.8. The van der Waals surface area contributed by atoms with Crippen molar-refractivity contribution in [1.82, 2.24) is 0 Å². The molecule has 0 bridgehead atoms. The second-order valence-electron chi connectivity index (χ2n) is 11.0. The van der Waals surface area contributed by atoms with E-state index in [1.165, 1.54) is 16.7 Å². The van der Waals surface area contributed by atoms with Gasteiger partial charge in [0.05, 0.1) is 33.4 Å². The van der Waals surface area contributed by atoms with Gasteiger partial charge in [-0.15, -0.1) is 0 Å². The fourth-order valence-electron chi connectivity index (χ4n) is 5.09. The molecule has 0 aliphatic rings. The summed E-state index contributed by atoms with van der Waals surface area (Å²) in [6.07, 6.45) is 0. The van der Waals surface area contributed by atoms with Gasteiger partial charge in [-0.05, 0) is 69.8 Å². The van der Waals surface area contributed by atoms with Crippen LogP contribution in [0.1, 0.15) is 94.5 Å². The number of fused-ring (bicyclic) bond motifs is 1. The predicted octanol–water partition coefficient (Wildman–Crippen LogP) is 9.56. The third kappa shape index (κ3) is 5.51. The van der Waals surface area contributed by atoms with E-state index in [2.05, 4.69) is 90.2 Å². The largest absolute Gasteiger partial charge is 0.495 e. The molecule has 0 aliphatic heterocycles. The Labute approximate surface area is 231 Å². The molecule has 4 heteroatoms. The molecule has 0 radical (unpaired) electrons. The first-order chi connectivity index (χ1) is 18.1. The Balaban J connectivity index is 1.96. The van der Waals surface area contributed by atoms with Crippen LogP contribution in [0.25, 0.3) is 10.8 Å². The lowest BCUT2D eigenvalue weighted by Crippen LogP contribution is -2.14. The van der Waals surface area contributed by atoms with Crippen molar-refractivity contribution in [1.29, 1.82) is 0 Å². The Morgan fingerprint density at radius 3 is 1.89 bits per heavy atom. The van der Waals surface area contributed by atoms with E-state index in [0.717, 1.165) is 37.6 Å². The summed E-state index contributed by atoms with van der Waals surface area (Å²) in [4.78, 5) is 1.86. The first-order valence-corrected chi connectivity index (χ1v) is 14.8. The lowest BCUT2D eigenvalue weighted by Gasteiger charge is -2.25. The molecule has 4 aromatic carbocycles. The Bertz CT molecular complexity index is 1430. The molecule has 0 spiro atoms. The fraction of sp³-hybridized carbons (Fsp3) is 0.353. The number of hydrogen-bond acceptors (Lipinski definition) is 3. The van der Waals surface area contributed by atoms with Crippen LogP contribution in [0.5, 0.6) is 5.75 Å². The average Bonchev–Trinajstić information content (AvgIpc) is 2.91. The maximum absolute atomic E-state index is 15.0. The minimum Gasteiger partial charge on any atom is -0.495 e. The van der Waals surface area contributed by atoms with Crippen molar-refractivity contribution in [3.05, 3.63) is 95.1 Å². The molecule has 0 aliphatic carbocycles. The Morgan fingerprint density at radius 2 is 1.29 bits per heavy atom. The average molecular weight is 528 g/mol. The Morgan fingerprint density at radius 1 is 0.684 bits per heavy atom. The maximum atomic E-state index is 15.0. The second-order valence-corrected chi connectivity index (χ2v) is 12.4. The number of para-hydroxylation sites is 2. The van der Waals surface area contributed by atoms with Gasteiger partial charge in [0, 0.05) is 6.04 Å². The van der Waals surface area contributed by atoms with E-state index in [0.29, 0.717) is 5.92 Å². The highest BCUT2D eigenvalue weighted by atomic mass is 32.2. The van der Waals surface area contributed by atoms with Crippen molar-refractivity contribution in [2.24, 2.45) is 0 Å². The van der Waals surface area contributed by atoms with E-state index < -0.39 is 10.8 Å². The highest BCUT2D eigenvalue weighted by Gasteiger charge is 2.27. The van der Waals surface area contributed by atoms with Gasteiger partial charge in [-0.3, -0.25) is 0 Å². The highest BCUT2D eigenvalue weighted by Crippen LogP contribution is 2.40. The molecular formula is C34H41NO2S. The molecule has 2 atom stereocenters. The SMILES string of the molecule is COc1ccccc1N[C@H](C)c1ccc2ccccc2c1S(=O)c1c(C(C)C)cc(C(C)C)cc1C(C)C. The summed E-state index contributed by atoms with van der Waals surface area (Å²) in [6.45, 7) is 15.4. The minimum atomic E-state index is -1.38. The van der Waals surface area contributed by atoms with Gasteiger partial charge in [0.1, 0.15) is 5.75 Å². The number of benzene rings is 4. The molecule has 0 heterocycles. The van der Waals surface area contributed by atoms with Crippen LogP contribution >= 0.6 is 0 Å². The topological polar surface area (TPSA) is 38.3 Å². The molecule has 0 aromatic heterocycles. The summed E-state index contributed by atoms with van der Waals surface area (Å²) < 4.78 is 20.5. The van der Waals surface area contributed by atoms with Gasteiger partial charge >= 0.3 is 0 Å². The van der Waals surface area contributed by atoms with Crippen molar-refractivity contribution >= 4 is 27.3 Å². The van der Waals surface area contributed by atoms with Gasteiger partial charge in [0.2, 0.25) is 0 Å². The lowest BCUT2D eigenvalue weighted by molar-refractivity contribution is 0.416. The molecule has 4 aromatic rings. The van der Waals surface area contributed by atoms with Crippen molar-refractivity contribution in [3.8, 4) is 5.75 Å². The van der Waals surface area contributed by atoms with Crippen LogP contribution in [-0.2, 0) is 10.8 Å². The summed E-state index contributed by atoms with van der Waals surface area (Å²) in [7, 11) is 0.308. The van der Waals surface area contributed by atoms with Gasteiger partial charge in [-0.25, -0.2) is 4.21 Å². The number of nitrogens with one attached hydrogen (secondary N) is 1. The van der Waals surface area contributed by atoms with Gasteiger partial charge in [-0.2, -0.15) is 0 Å². The van der Waals surface area contributed by atoms with Crippen LogP contribution in [0.3, 0.4) is 0 Å². The number of anilines is 1. The number of rotatable bonds is 9. The molecule has 0 fully saturated rings. The van der Waals surface area contributed by atoms with Gasteiger partial charge in [0.15, 0.2) is 0 Å². The van der Waals surface area contributed by atoms with Crippen LogP contribution in [0.4, 0.5) is 5.69 Å². The standard InChI is InChI=1S/C34H41NO2S/c1-21(2)26-19-29(22(3)4)34(30(20-26)23(5)6)38(36)33-27(18-17-25-13-9-10-14-28(25)33)24(7)35-31-15-11-12-16-32(31)37-8/h9-24,35H,1-8H3/t24-,38?/m1/s1. The van der Waals surface area contributed by atoms with Crippen molar-refractivity contribution < 1.29 is 8.95 Å². The monoisotopic (exact) mass is 527 g/mol. The molecule has 0 saturated carbocycles. The molecule has 1 N–H and O–H groups in total. The van der Waals surface area contributed by atoms with Gasteiger partial charge < -0.3 is 10.1 Å². The molecular weight excluding hydrogens is 486 g/mol. The van der Waals surface area contributed by atoms with E-state index >= 15 is 0 Å². The van der Waals surface area contributed by atoms with Crippen LogP contribution in [0, 0.1) is 0 Å². The third-order valence-electron chi connectivity index (χ3n) is 7.31. The Hall–Kier alpha value is -3.11. The third-order valence-corrected chi connectivity index (χ3v) is 8.97.